The fraction of sp³-hybridized carbons (Fsp3) is 0.125. The van der Waals surface area contributed by atoms with Gasteiger partial charge in [0.2, 0.25) is 0 Å². The van der Waals surface area contributed by atoms with Gasteiger partial charge < -0.3 is 15.8 Å². The van der Waals surface area contributed by atoms with Crippen LogP contribution in [0.15, 0.2) is 46.9 Å². The maximum Gasteiger partial charge on any atom is 0.338 e. The Kier molecular flexibility index (Phi) is 5.33. The quantitative estimate of drug-likeness (QED) is 0.629. The molecule has 23 heavy (non-hydrogen) atoms. The summed E-state index contributed by atoms with van der Waals surface area (Å²) in [4.78, 5) is 23.9. The molecular weight excluding hydrogens is 367 g/mol. The van der Waals surface area contributed by atoms with Gasteiger partial charge in [-0.25, -0.2) is 9.18 Å². The van der Waals surface area contributed by atoms with Gasteiger partial charge in [-0.2, -0.15) is 0 Å². The number of esters is 1. The molecule has 0 radical (unpaired) electrons. The second kappa shape index (κ2) is 7.23. The highest BCUT2D eigenvalue weighted by atomic mass is 79.9. The Morgan fingerprint density at radius 2 is 2.00 bits per heavy atom. The predicted octanol–water partition coefficient (Wildman–Crippen LogP) is 3.35. The summed E-state index contributed by atoms with van der Waals surface area (Å²) >= 11 is 3.12. The van der Waals surface area contributed by atoms with E-state index >= 15 is 0 Å². The Hall–Kier alpha value is -2.41. The number of nitrogen functional groups attached to an aromatic ring is 1. The molecule has 0 aliphatic rings. The lowest BCUT2D eigenvalue weighted by Gasteiger charge is -2.14. The van der Waals surface area contributed by atoms with E-state index in [1.807, 2.05) is 0 Å². The van der Waals surface area contributed by atoms with Crippen LogP contribution in [0.4, 0.5) is 15.8 Å². The first-order valence-electron chi connectivity index (χ1n) is 6.69. The Morgan fingerprint density at radius 3 is 2.65 bits per heavy atom. The van der Waals surface area contributed by atoms with Crippen LogP contribution in [0.1, 0.15) is 17.3 Å². The van der Waals surface area contributed by atoms with E-state index in [4.69, 9.17) is 10.5 Å². The van der Waals surface area contributed by atoms with Crippen LogP contribution in [0, 0.1) is 5.82 Å². The van der Waals surface area contributed by atoms with Crippen molar-refractivity contribution in [1.29, 1.82) is 0 Å². The summed E-state index contributed by atoms with van der Waals surface area (Å²) in [6, 6.07) is 10.4. The van der Waals surface area contributed by atoms with Crippen molar-refractivity contribution >= 4 is 39.2 Å². The molecule has 0 saturated carbocycles. The average Bonchev–Trinajstić information content (AvgIpc) is 2.49. The van der Waals surface area contributed by atoms with Crippen LogP contribution >= 0.6 is 15.9 Å². The maximum absolute atomic E-state index is 13.7. The molecular formula is C16H14BrFN2O3. The lowest BCUT2D eigenvalue weighted by molar-refractivity contribution is -0.123. The van der Waals surface area contributed by atoms with Crippen LogP contribution in [0.5, 0.6) is 0 Å². The number of rotatable bonds is 4. The van der Waals surface area contributed by atoms with E-state index < -0.39 is 23.8 Å². The number of amides is 1. The number of nitrogens with one attached hydrogen (secondary N) is 1. The average molecular weight is 381 g/mol. The van der Waals surface area contributed by atoms with Crippen molar-refractivity contribution in [3.8, 4) is 0 Å². The molecule has 0 fully saturated rings. The fourth-order valence-corrected chi connectivity index (χ4v) is 2.11. The van der Waals surface area contributed by atoms with E-state index in [1.54, 1.807) is 18.2 Å². The van der Waals surface area contributed by atoms with Crippen LogP contribution < -0.4 is 11.1 Å². The van der Waals surface area contributed by atoms with Gasteiger partial charge in [-0.1, -0.05) is 22.0 Å². The van der Waals surface area contributed by atoms with E-state index in [2.05, 4.69) is 21.2 Å². The third kappa shape index (κ3) is 4.53. The van der Waals surface area contributed by atoms with E-state index in [1.165, 1.54) is 31.2 Å². The molecule has 0 aliphatic carbocycles. The van der Waals surface area contributed by atoms with Gasteiger partial charge >= 0.3 is 5.97 Å². The first kappa shape index (κ1) is 17.0. The van der Waals surface area contributed by atoms with Gasteiger partial charge in [0.25, 0.3) is 5.91 Å². The van der Waals surface area contributed by atoms with E-state index in [0.717, 1.165) is 0 Å². The third-order valence-corrected chi connectivity index (χ3v) is 3.46. The maximum atomic E-state index is 13.7. The summed E-state index contributed by atoms with van der Waals surface area (Å²) in [6.07, 6.45) is -1.09. The van der Waals surface area contributed by atoms with Crippen molar-refractivity contribution < 1.29 is 18.7 Å². The van der Waals surface area contributed by atoms with E-state index in [0.29, 0.717) is 10.2 Å². The molecule has 0 aliphatic heterocycles. The zero-order valence-corrected chi connectivity index (χ0v) is 13.8. The lowest BCUT2D eigenvalue weighted by Crippen LogP contribution is -2.30. The Morgan fingerprint density at radius 1 is 1.26 bits per heavy atom. The van der Waals surface area contributed by atoms with Gasteiger partial charge in [0, 0.05) is 10.2 Å². The highest BCUT2D eigenvalue weighted by molar-refractivity contribution is 9.10. The lowest BCUT2D eigenvalue weighted by atomic mass is 10.2. The van der Waals surface area contributed by atoms with Crippen LogP contribution in [0.3, 0.4) is 0 Å². The summed E-state index contributed by atoms with van der Waals surface area (Å²) < 4.78 is 19.3. The molecule has 0 spiro atoms. The van der Waals surface area contributed by atoms with Crippen LogP contribution in [0.25, 0.3) is 0 Å². The van der Waals surface area contributed by atoms with E-state index in [-0.39, 0.29) is 11.3 Å². The van der Waals surface area contributed by atoms with Crippen molar-refractivity contribution in [2.45, 2.75) is 13.0 Å². The molecule has 1 atom stereocenters. The molecule has 2 aromatic carbocycles. The van der Waals surface area contributed by atoms with E-state index in [9.17, 15) is 14.0 Å². The number of anilines is 2. The van der Waals surface area contributed by atoms with Crippen LogP contribution in [-0.2, 0) is 9.53 Å². The molecule has 2 rings (SSSR count). The molecule has 0 bridgehead atoms. The molecule has 0 saturated heterocycles. The van der Waals surface area contributed by atoms with Gasteiger partial charge in [0.05, 0.1) is 11.3 Å². The van der Waals surface area contributed by atoms with Crippen molar-refractivity contribution in [2.75, 3.05) is 11.1 Å². The van der Waals surface area contributed by atoms with Gasteiger partial charge in [0.15, 0.2) is 6.10 Å². The molecule has 3 N–H and O–H groups in total. The van der Waals surface area contributed by atoms with Gasteiger partial charge in [-0.15, -0.1) is 0 Å². The summed E-state index contributed by atoms with van der Waals surface area (Å²) in [6.45, 7) is 1.40. The van der Waals surface area contributed by atoms with Gasteiger partial charge in [0.1, 0.15) is 5.82 Å². The molecule has 0 heterocycles. The second-order valence-corrected chi connectivity index (χ2v) is 5.70. The van der Waals surface area contributed by atoms with Crippen molar-refractivity contribution in [1.82, 2.24) is 0 Å². The molecule has 0 aromatic heterocycles. The summed E-state index contributed by atoms with van der Waals surface area (Å²) in [7, 11) is 0. The van der Waals surface area contributed by atoms with Crippen LogP contribution in [0.2, 0.25) is 0 Å². The Bertz CT molecular complexity index is 752. The monoisotopic (exact) mass is 380 g/mol. The minimum absolute atomic E-state index is 0.00468. The Balaban J connectivity index is 2.01. The molecule has 5 nitrogen and oxygen atoms in total. The summed E-state index contributed by atoms with van der Waals surface area (Å²) in [5.74, 6) is -1.92. The van der Waals surface area contributed by atoms with Gasteiger partial charge in [-0.3, -0.25) is 4.79 Å². The standard InChI is InChI=1S/C16H14BrFN2O3/c1-9(23-16(22)10-3-2-4-12(19)7-10)15(21)20-14-6-5-11(17)8-13(14)18/h2-9H,19H2,1H3,(H,20,21). The number of hydrogen-bond acceptors (Lipinski definition) is 4. The molecule has 120 valence electrons. The SMILES string of the molecule is CC(OC(=O)c1cccc(N)c1)C(=O)Nc1ccc(Br)cc1F. The second-order valence-electron chi connectivity index (χ2n) is 4.79. The smallest absolute Gasteiger partial charge is 0.338 e. The van der Waals surface area contributed by atoms with Crippen molar-refractivity contribution in [3.63, 3.8) is 0 Å². The summed E-state index contributed by atoms with van der Waals surface area (Å²) in [5.41, 5.74) is 6.24. The number of carbonyl (C=O) groups excluding carboxylic acids is 2. The highest BCUT2D eigenvalue weighted by Gasteiger charge is 2.20. The number of ether oxygens (including phenoxy) is 1. The summed E-state index contributed by atoms with van der Waals surface area (Å²) in [5, 5.41) is 2.37. The number of nitrogens with two attached hydrogens (primary N) is 1. The molecule has 1 unspecified atom stereocenters. The number of halogens is 2. The zero-order valence-electron chi connectivity index (χ0n) is 12.2. The van der Waals surface area contributed by atoms with Gasteiger partial charge in [-0.05, 0) is 43.3 Å². The number of benzene rings is 2. The normalized spacial score (nSPS) is 11.6. The highest BCUT2D eigenvalue weighted by Crippen LogP contribution is 2.19. The topological polar surface area (TPSA) is 81.4 Å². The Labute approximate surface area is 140 Å². The molecule has 7 heteroatoms. The third-order valence-electron chi connectivity index (χ3n) is 2.96. The largest absolute Gasteiger partial charge is 0.449 e. The van der Waals surface area contributed by atoms with Crippen molar-refractivity contribution in [3.05, 3.63) is 58.3 Å². The first-order valence-corrected chi connectivity index (χ1v) is 7.48. The minimum Gasteiger partial charge on any atom is -0.449 e. The zero-order chi connectivity index (χ0) is 17.0. The fourth-order valence-electron chi connectivity index (χ4n) is 1.77. The number of hydrogen-bond donors (Lipinski definition) is 2. The van der Waals surface area contributed by atoms with Crippen LogP contribution in [-0.4, -0.2) is 18.0 Å². The predicted molar refractivity (Wildman–Crippen MR) is 88.5 cm³/mol. The first-order chi connectivity index (χ1) is 10.9. The number of carbonyl (C=O) groups is 2. The molecule has 2 aromatic rings. The van der Waals surface area contributed by atoms with Crippen molar-refractivity contribution in [2.24, 2.45) is 0 Å². The minimum atomic E-state index is -1.09. The molecule has 1 amide bonds.